The Balaban J connectivity index is 2.32. The van der Waals surface area contributed by atoms with Crippen molar-refractivity contribution >= 4 is 31.9 Å². The molecule has 106 valence electrons. The Labute approximate surface area is 119 Å². The van der Waals surface area contributed by atoms with Crippen molar-refractivity contribution in [2.24, 2.45) is 5.92 Å². The number of carboxylic acid groups (broad SMARTS) is 1. The van der Waals surface area contributed by atoms with Gasteiger partial charge in [0.2, 0.25) is 15.8 Å². The zero-order valence-electron chi connectivity index (χ0n) is 10.3. The summed E-state index contributed by atoms with van der Waals surface area (Å²) in [6.07, 6.45) is 1.61. The highest BCUT2D eigenvalue weighted by atomic mass is 79.9. The largest absolute Gasteiger partial charge is 0.475 e. The molecular weight excluding hydrogens is 338 g/mol. The van der Waals surface area contributed by atoms with Crippen molar-refractivity contribution in [3.63, 3.8) is 0 Å². The van der Waals surface area contributed by atoms with Crippen LogP contribution in [0, 0.1) is 5.92 Å². The zero-order chi connectivity index (χ0) is 14.2. The predicted molar refractivity (Wildman–Crippen MR) is 70.5 cm³/mol. The lowest BCUT2D eigenvalue weighted by Crippen LogP contribution is -2.37. The lowest BCUT2D eigenvalue weighted by molar-refractivity contribution is 0.0661. The fraction of sp³-hybridized carbons (Fsp3) is 0.545. The standard InChI is InChI=1S/C11H14BrNO5S/c1-7-2-4-13(5-3-7)19(16,17)9-6-8(11(14)15)18-10(9)12/h6-7H,2-5H2,1H3,(H,14,15). The summed E-state index contributed by atoms with van der Waals surface area (Å²) in [6.45, 7) is 2.98. The number of piperidine rings is 1. The number of hydrogen-bond acceptors (Lipinski definition) is 4. The molecule has 1 aromatic rings. The number of furan rings is 1. The van der Waals surface area contributed by atoms with Crippen LogP contribution in [0.5, 0.6) is 0 Å². The van der Waals surface area contributed by atoms with E-state index in [1.807, 2.05) is 0 Å². The molecule has 1 aliphatic heterocycles. The molecule has 0 unspecified atom stereocenters. The average Bonchev–Trinajstić information content (AvgIpc) is 2.73. The minimum Gasteiger partial charge on any atom is -0.475 e. The number of halogens is 1. The zero-order valence-corrected chi connectivity index (χ0v) is 12.7. The van der Waals surface area contributed by atoms with Crippen LogP contribution in [0.25, 0.3) is 0 Å². The van der Waals surface area contributed by atoms with Crippen LogP contribution in [-0.4, -0.2) is 36.9 Å². The van der Waals surface area contributed by atoms with E-state index in [2.05, 4.69) is 22.9 Å². The van der Waals surface area contributed by atoms with Crippen LogP contribution in [0.2, 0.25) is 0 Å². The Kier molecular flexibility index (Phi) is 4.03. The lowest BCUT2D eigenvalue weighted by Gasteiger charge is -2.28. The first-order valence-electron chi connectivity index (χ1n) is 5.85. The van der Waals surface area contributed by atoms with Crippen molar-refractivity contribution in [1.29, 1.82) is 0 Å². The van der Waals surface area contributed by atoms with Gasteiger partial charge >= 0.3 is 5.97 Å². The van der Waals surface area contributed by atoms with Crippen LogP contribution in [-0.2, 0) is 10.0 Å². The Hall–Kier alpha value is -0.860. The number of sulfonamides is 1. The minimum atomic E-state index is -3.70. The fourth-order valence-electron chi connectivity index (χ4n) is 2.00. The molecule has 0 amide bonds. The van der Waals surface area contributed by atoms with Crippen molar-refractivity contribution in [3.05, 3.63) is 16.5 Å². The van der Waals surface area contributed by atoms with Crippen LogP contribution >= 0.6 is 15.9 Å². The summed E-state index contributed by atoms with van der Waals surface area (Å²) in [5.74, 6) is -1.18. The van der Waals surface area contributed by atoms with Crippen LogP contribution in [0.4, 0.5) is 0 Å². The van der Waals surface area contributed by atoms with Gasteiger partial charge in [0.15, 0.2) is 4.67 Å². The molecule has 0 saturated carbocycles. The van der Waals surface area contributed by atoms with Crippen LogP contribution < -0.4 is 0 Å². The van der Waals surface area contributed by atoms with Crippen molar-refractivity contribution in [2.45, 2.75) is 24.7 Å². The van der Waals surface area contributed by atoms with Gasteiger partial charge in [-0.15, -0.1) is 0 Å². The van der Waals surface area contributed by atoms with Gasteiger partial charge in [-0.2, -0.15) is 4.31 Å². The van der Waals surface area contributed by atoms with E-state index in [9.17, 15) is 13.2 Å². The summed E-state index contributed by atoms with van der Waals surface area (Å²) < 4.78 is 31.0. The van der Waals surface area contributed by atoms with Gasteiger partial charge in [0.25, 0.3) is 0 Å². The maximum atomic E-state index is 12.4. The van der Waals surface area contributed by atoms with Gasteiger partial charge in [0.1, 0.15) is 4.90 Å². The van der Waals surface area contributed by atoms with E-state index in [1.165, 1.54) is 4.31 Å². The van der Waals surface area contributed by atoms with Crippen LogP contribution in [0.15, 0.2) is 20.0 Å². The fourth-order valence-corrected chi connectivity index (χ4v) is 4.37. The third kappa shape index (κ3) is 2.85. The summed E-state index contributed by atoms with van der Waals surface area (Å²) in [7, 11) is -3.70. The molecule has 0 spiro atoms. The second-order valence-electron chi connectivity index (χ2n) is 4.64. The molecule has 19 heavy (non-hydrogen) atoms. The first-order chi connectivity index (χ1) is 8.82. The van der Waals surface area contributed by atoms with E-state index < -0.39 is 21.8 Å². The van der Waals surface area contributed by atoms with E-state index in [1.54, 1.807) is 0 Å². The summed E-state index contributed by atoms with van der Waals surface area (Å²) in [6, 6.07) is 1.04. The first-order valence-corrected chi connectivity index (χ1v) is 8.08. The van der Waals surface area contributed by atoms with Gasteiger partial charge in [-0.25, -0.2) is 13.2 Å². The Bertz CT molecular complexity index is 586. The maximum Gasteiger partial charge on any atom is 0.371 e. The smallest absolute Gasteiger partial charge is 0.371 e. The first kappa shape index (κ1) is 14.5. The summed E-state index contributed by atoms with van der Waals surface area (Å²) >= 11 is 2.96. The SMILES string of the molecule is CC1CCN(S(=O)(=O)c2cc(C(=O)O)oc2Br)CC1. The molecule has 8 heteroatoms. The Morgan fingerprint density at radius 1 is 1.47 bits per heavy atom. The van der Waals surface area contributed by atoms with Gasteiger partial charge < -0.3 is 9.52 Å². The maximum absolute atomic E-state index is 12.4. The van der Waals surface area contributed by atoms with Crippen molar-refractivity contribution in [1.82, 2.24) is 4.31 Å². The lowest BCUT2D eigenvalue weighted by atomic mass is 10.0. The molecule has 2 rings (SSSR count). The van der Waals surface area contributed by atoms with Gasteiger partial charge in [-0.3, -0.25) is 0 Å². The molecule has 2 heterocycles. The average molecular weight is 352 g/mol. The molecule has 0 aromatic carbocycles. The number of carboxylic acids is 1. The molecule has 0 radical (unpaired) electrons. The normalized spacial score (nSPS) is 18.6. The second kappa shape index (κ2) is 5.26. The molecule has 6 nitrogen and oxygen atoms in total. The number of aromatic carboxylic acids is 1. The molecular formula is C11H14BrNO5S. The van der Waals surface area contributed by atoms with Crippen LogP contribution in [0.3, 0.4) is 0 Å². The van der Waals surface area contributed by atoms with Crippen LogP contribution in [0.1, 0.15) is 30.3 Å². The highest BCUT2D eigenvalue weighted by Gasteiger charge is 2.32. The third-order valence-corrected chi connectivity index (χ3v) is 5.98. The van der Waals surface area contributed by atoms with Gasteiger partial charge in [0.05, 0.1) is 0 Å². The second-order valence-corrected chi connectivity index (χ2v) is 7.27. The Morgan fingerprint density at radius 3 is 2.53 bits per heavy atom. The summed E-state index contributed by atoms with van der Waals surface area (Å²) in [5.41, 5.74) is 0. The predicted octanol–water partition coefficient (Wildman–Crippen LogP) is 2.16. The van der Waals surface area contributed by atoms with E-state index in [4.69, 9.17) is 9.52 Å². The van der Waals surface area contributed by atoms with Crippen molar-refractivity contribution in [2.75, 3.05) is 13.1 Å². The molecule has 0 atom stereocenters. The van der Waals surface area contributed by atoms with E-state index in [-0.39, 0.29) is 9.56 Å². The molecule has 1 fully saturated rings. The van der Waals surface area contributed by atoms with Crippen molar-refractivity contribution < 1.29 is 22.7 Å². The monoisotopic (exact) mass is 351 g/mol. The van der Waals surface area contributed by atoms with E-state index >= 15 is 0 Å². The molecule has 0 aliphatic carbocycles. The molecule has 0 bridgehead atoms. The van der Waals surface area contributed by atoms with E-state index in [0.29, 0.717) is 19.0 Å². The number of carbonyl (C=O) groups is 1. The highest BCUT2D eigenvalue weighted by Crippen LogP contribution is 2.30. The molecule has 1 aromatic heterocycles. The number of hydrogen-bond donors (Lipinski definition) is 1. The molecule has 1 N–H and O–H groups in total. The van der Waals surface area contributed by atoms with E-state index in [0.717, 1.165) is 18.9 Å². The quantitative estimate of drug-likeness (QED) is 0.901. The van der Waals surface area contributed by atoms with Gasteiger partial charge in [-0.1, -0.05) is 6.92 Å². The topological polar surface area (TPSA) is 87.8 Å². The number of rotatable bonds is 3. The van der Waals surface area contributed by atoms with Gasteiger partial charge in [-0.05, 0) is 34.7 Å². The minimum absolute atomic E-state index is 0.0662. The van der Waals surface area contributed by atoms with Gasteiger partial charge in [0, 0.05) is 19.2 Å². The highest BCUT2D eigenvalue weighted by molar-refractivity contribution is 9.10. The molecule has 1 saturated heterocycles. The Morgan fingerprint density at radius 2 is 2.05 bits per heavy atom. The number of nitrogens with zero attached hydrogens (tertiary/aromatic N) is 1. The third-order valence-electron chi connectivity index (χ3n) is 3.23. The molecule has 1 aliphatic rings. The summed E-state index contributed by atoms with van der Waals surface area (Å²) in [4.78, 5) is 10.7. The van der Waals surface area contributed by atoms with Crippen molar-refractivity contribution in [3.8, 4) is 0 Å². The summed E-state index contributed by atoms with van der Waals surface area (Å²) in [5, 5.41) is 8.81.